The molecule has 8 nitrogen and oxygen atoms in total. The van der Waals surface area contributed by atoms with Gasteiger partial charge in [0.2, 0.25) is 0 Å². The van der Waals surface area contributed by atoms with Crippen LogP contribution in [0.2, 0.25) is 0 Å². The summed E-state index contributed by atoms with van der Waals surface area (Å²) in [4.78, 5) is 42.9. The molecule has 1 amide bonds. The van der Waals surface area contributed by atoms with Crippen molar-refractivity contribution in [2.24, 2.45) is 0 Å². The van der Waals surface area contributed by atoms with E-state index in [0.717, 1.165) is 5.56 Å². The van der Waals surface area contributed by atoms with Crippen LogP contribution in [0.25, 0.3) is 0 Å². The highest BCUT2D eigenvalue weighted by molar-refractivity contribution is 5.84. The number of aromatic nitrogens is 2. The average molecular weight is 425 g/mol. The maximum Gasteiger partial charge on any atom is 0.412 e. The van der Waals surface area contributed by atoms with E-state index in [0.29, 0.717) is 18.7 Å². The number of rotatable bonds is 6. The van der Waals surface area contributed by atoms with Crippen molar-refractivity contribution in [1.82, 2.24) is 9.55 Å². The minimum atomic E-state index is -1.25. The maximum atomic E-state index is 13.2. The van der Waals surface area contributed by atoms with Gasteiger partial charge in [0, 0.05) is 6.42 Å². The standard InChI is InChI=1S/C23H27N3O5/c1-5-12-23(20(28)31-22(2,3)4)13-11-18-24-14-17(19(27)26(18)23)25-21(29)30-15-16-9-7-6-8-10-16/h5-10,14H,1,11-13,15H2,2-4H3,(H,25,29). The van der Waals surface area contributed by atoms with E-state index in [2.05, 4.69) is 16.9 Å². The van der Waals surface area contributed by atoms with Gasteiger partial charge in [0.1, 0.15) is 23.7 Å². The van der Waals surface area contributed by atoms with E-state index in [1.54, 1.807) is 26.8 Å². The molecule has 0 saturated carbocycles. The summed E-state index contributed by atoms with van der Waals surface area (Å²) in [5.41, 5.74) is -1.76. The van der Waals surface area contributed by atoms with Crippen LogP contribution < -0.4 is 10.9 Å². The van der Waals surface area contributed by atoms with Crippen molar-refractivity contribution in [3.05, 3.63) is 70.9 Å². The summed E-state index contributed by atoms with van der Waals surface area (Å²) < 4.78 is 12.1. The van der Waals surface area contributed by atoms with Gasteiger partial charge in [-0.3, -0.25) is 14.7 Å². The lowest BCUT2D eigenvalue weighted by Gasteiger charge is -2.32. The molecule has 2 heterocycles. The van der Waals surface area contributed by atoms with Crippen LogP contribution in [0.5, 0.6) is 0 Å². The number of anilines is 1. The molecule has 1 aliphatic rings. The summed E-state index contributed by atoms with van der Waals surface area (Å²) in [5, 5.41) is 2.44. The van der Waals surface area contributed by atoms with Crippen molar-refractivity contribution >= 4 is 17.7 Å². The monoisotopic (exact) mass is 425 g/mol. The van der Waals surface area contributed by atoms with E-state index in [1.807, 2.05) is 30.3 Å². The molecule has 0 fully saturated rings. The molecule has 1 aromatic carbocycles. The summed E-state index contributed by atoms with van der Waals surface area (Å²) in [6.45, 7) is 9.11. The molecule has 1 aliphatic heterocycles. The number of carbonyl (C=O) groups is 2. The second-order valence-electron chi connectivity index (χ2n) is 8.44. The molecule has 0 aliphatic carbocycles. The number of nitrogens with zero attached hydrogens (tertiary/aromatic N) is 2. The van der Waals surface area contributed by atoms with Crippen molar-refractivity contribution in [2.75, 3.05) is 5.32 Å². The molecule has 1 atom stereocenters. The van der Waals surface area contributed by atoms with E-state index in [1.165, 1.54) is 10.8 Å². The number of allylic oxidation sites excluding steroid dienone is 1. The van der Waals surface area contributed by atoms with E-state index in [-0.39, 0.29) is 18.7 Å². The first-order chi connectivity index (χ1) is 14.7. The minimum Gasteiger partial charge on any atom is -0.458 e. The smallest absolute Gasteiger partial charge is 0.412 e. The zero-order valence-electron chi connectivity index (χ0n) is 18.0. The van der Waals surface area contributed by atoms with E-state index in [9.17, 15) is 14.4 Å². The van der Waals surface area contributed by atoms with E-state index < -0.39 is 28.8 Å². The Bertz CT molecular complexity index is 1040. The topological polar surface area (TPSA) is 99.5 Å². The number of hydrogen-bond donors (Lipinski definition) is 1. The highest BCUT2D eigenvalue weighted by Crippen LogP contribution is 2.36. The number of carbonyl (C=O) groups excluding carboxylic acids is 2. The first-order valence-corrected chi connectivity index (χ1v) is 10.1. The van der Waals surface area contributed by atoms with Crippen LogP contribution >= 0.6 is 0 Å². The Hall–Kier alpha value is -3.42. The number of hydrogen-bond acceptors (Lipinski definition) is 6. The number of aryl methyl sites for hydroxylation is 1. The Kier molecular flexibility index (Phi) is 6.29. The Labute approximate surface area is 180 Å². The van der Waals surface area contributed by atoms with Gasteiger partial charge in [0.05, 0.1) is 6.20 Å². The van der Waals surface area contributed by atoms with Gasteiger partial charge < -0.3 is 9.47 Å². The Morgan fingerprint density at radius 1 is 1.29 bits per heavy atom. The summed E-state index contributed by atoms with van der Waals surface area (Å²) in [6, 6.07) is 9.18. The third-order valence-electron chi connectivity index (χ3n) is 4.93. The number of amides is 1. The van der Waals surface area contributed by atoms with Crippen LogP contribution in [0.4, 0.5) is 10.5 Å². The van der Waals surface area contributed by atoms with Crippen molar-refractivity contribution in [3.8, 4) is 0 Å². The predicted octanol–water partition coefficient (Wildman–Crippen LogP) is 3.55. The first kappa shape index (κ1) is 22.3. The number of benzene rings is 1. The summed E-state index contributed by atoms with van der Waals surface area (Å²) in [5.74, 6) is -0.0627. The molecule has 8 heteroatoms. The first-order valence-electron chi connectivity index (χ1n) is 10.1. The third-order valence-corrected chi connectivity index (χ3v) is 4.93. The molecule has 0 radical (unpaired) electrons. The van der Waals surface area contributed by atoms with Crippen molar-refractivity contribution < 1.29 is 19.1 Å². The highest BCUT2D eigenvalue weighted by Gasteiger charge is 2.48. The zero-order chi connectivity index (χ0) is 22.6. The Balaban J connectivity index is 1.86. The van der Waals surface area contributed by atoms with Crippen molar-refractivity contribution in [3.63, 3.8) is 0 Å². The molecule has 0 saturated heterocycles. The SMILES string of the molecule is C=CCC1(C(=O)OC(C)(C)C)CCc2ncc(NC(=O)OCc3ccccc3)c(=O)n21. The van der Waals surface area contributed by atoms with Crippen molar-refractivity contribution in [1.29, 1.82) is 0 Å². The quantitative estimate of drug-likeness (QED) is 0.561. The van der Waals surface area contributed by atoms with E-state index in [4.69, 9.17) is 9.47 Å². The largest absolute Gasteiger partial charge is 0.458 e. The van der Waals surface area contributed by atoms with Crippen LogP contribution in [0, 0.1) is 0 Å². The fraction of sp³-hybridized carbons (Fsp3) is 0.391. The van der Waals surface area contributed by atoms with Gasteiger partial charge in [-0.05, 0) is 39.2 Å². The van der Waals surface area contributed by atoms with Gasteiger partial charge in [-0.25, -0.2) is 14.6 Å². The molecule has 2 aromatic rings. The van der Waals surface area contributed by atoms with Crippen LogP contribution in [0.1, 0.15) is 45.0 Å². The molecule has 31 heavy (non-hydrogen) atoms. The molecule has 0 spiro atoms. The van der Waals surface area contributed by atoms with Gasteiger partial charge in [-0.15, -0.1) is 6.58 Å². The Morgan fingerprint density at radius 3 is 2.65 bits per heavy atom. The van der Waals surface area contributed by atoms with Crippen LogP contribution in [0.3, 0.4) is 0 Å². The molecule has 1 N–H and O–H groups in total. The fourth-order valence-corrected chi connectivity index (χ4v) is 3.57. The summed E-state index contributed by atoms with van der Waals surface area (Å²) in [7, 11) is 0. The van der Waals surface area contributed by atoms with Gasteiger partial charge in [0.25, 0.3) is 5.56 Å². The highest BCUT2D eigenvalue weighted by atomic mass is 16.6. The molecular weight excluding hydrogens is 398 g/mol. The molecule has 0 bridgehead atoms. The van der Waals surface area contributed by atoms with Gasteiger partial charge in [0.15, 0.2) is 5.54 Å². The maximum absolute atomic E-state index is 13.2. The molecule has 164 valence electrons. The van der Waals surface area contributed by atoms with Gasteiger partial charge in [-0.2, -0.15) is 0 Å². The lowest BCUT2D eigenvalue weighted by atomic mass is 9.92. The van der Waals surface area contributed by atoms with E-state index >= 15 is 0 Å². The lowest BCUT2D eigenvalue weighted by Crippen LogP contribution is -2.48. The molecule has 1 unspecified atom stereocenters. The second-order valence-corrected chi connectivity index (χ2v) is 8.44. The number of esters is 1. The average Bonchev–Trinajstić information content (AvgIpc) is 3.09. The predicted molar refractivity (Wildman–Crippen MR) is 116 cm³/mol. The normalized spacial score (nSPS) is 17.5. The lowest BCUT2D eigenvalue weighted by molar-refractivity contribution is -0.166. The third kappa shape index (κ3) is 4.84. The zero-order valence-corrected chi connectivity index (χ0v) is 18.0. The summed E-state index contributed by atoms with van der Waals surface area (Å²) >= 11 is 0. The fourth-order valence-electron chi connectivity index (χ4n) is 3.57. The summed E-state index contributed by atoms with van der Waals surface area (Å²) in [6.07, 6.45) is 3.08. The molecule has 1 aromatic heterocycles. The Morgan fingerprint density at radius 2 is 2.00 bits per heavy atom. The number of ether oxygens (including phenoxy) is 2. The van der Waals surface area contributed by atoms with Crippen LogP contribution in [0.15, 0.2) is 54.0 Å². The second kappa shape index (κ2) is 8.75. The number of fused-ring (bicyclic) bond motifs is 1. The van der Waals surface area contributed by atoms with Gasteiger partial charge in [-0.1, -0.05) is 36.4 Å². The van der Waals surface area contributed by atoms with Crippen molar-refractivity contribution in [2.45, 2.75) is 57.8 Å². The van der Waals surface area contributed by atoms with Crippen LogP contribution in [-0.4, -0.2) is 27.2 Å². The molecular formula is C23H27N3O5. The minimum absolute atomic E-state index is 0.0602. The van der Waals surface area contributed by atoms with Gasteiger partial charge >= 0.3 is 12.1 Å². The number of nitrogens with one attached hydrogen (secondary N) is 1. The molecule has 3 rings (SSSR count). The van der Waals surface area contributed by atoms with Crippen LogP contribution in [-0.2, 0) is 32.8 Å².